The molecule has 1 fully saturated rings. The number of hydrogen-bond donors (Lipinski definition) is 1. The third kappa shape index (κ3) is 4.27. The van der Waals surface area contributed by atoms with Crippen LogP contribution in [0.4, 0.5) is 0 Å². The molecule has 18 heavy (non-hydrogen) atoms. The van der Waals surface area contributed by atoms with Gasteiger partial charge >= 0.3 is 0 Å². The molecular weight excluding hydrogens is 244 g/mol. The van der Waals surface area contributed by atoms with Crippen LogP contribution in [-0.4, -0.2) is 30.6 Å². The Hall–Kier alpha value is -0.570. The van der Waals surface area contributed by atoms with Crippen molar-refractivity contribution in [3.8, 4) is 0 Å². The number of nitrogens with zero attached hydrogens (tertiary/aromatic N) is 1. The molecule has 2 rings (SSSR count). The van der Waals surface area contributed by atoms with Gasteiger partial charge in [-0.2, -0.15) is 0 Å². The zero-order valence-corrected chi connectivity index (χ0v) is 12.1. The summed E-state index contributed by atoms with van der Waals surface area (Å²) in [5.74, 6) is 0. The Morgan fingerprint density at radius 1 is 1.33 bits per heavy atom. The van der Waals surface area contributed by atoms with Gasteiger partial charge in [-0.3, -0.25) is 4.90 Å². The van der Waals surface area contributed by atoms with E-state index >= 15 is 0 Å². The van der Waals surface area contributed by atoms with Crippen LogP contribution in [0.5, 0.6) is 0 Å². The van der Waals surface area contributed by atoms with E-state index in [0.29, 0.717) is 6.04 Å². The minimum atomic E-state index is 0.612. The summed E-state index contributed by atoms with van der Waals surface area (Å²) in [7, 11) is 2.21. The third-order valence-electron chi connectivity index (χ3n) is 3.66. The molecule has 0 aliphatic heterocycles. The largest absolute Gasteiger partial charge is 0.312 e. The lowest BCUT2D eigenvalue weighted by Gasteiger charge is -2.27. The first-order chi connectivity index (χ1) is 8.69. The quantitative estimate of drug-likeness (QED) is 0.815. The maximum atomic E-state index is 5.91. The van der Waals surface area contributed by atoms with Crippen LogP contribution in [-0.2, 0) is 6.54 Å². The van der Waals surface area contributed by atoms with Crippen LogP contribution in [0.3, 0.4) is 0 Å². The zero-order valence-electron chi connectivity index (χ0n) is 11.3. The molecule has 0 spiro atoms. The standard InChI is InChI=1S/C15H23ClN2/c1-3-15(10-17-14-8-9-14)18(2)11-12-4-6-13(16)7-5-12/h4-7,14-15,17H,3,8-11H2,1-2H3. The van der Waals surface area contributed by atoms with Crippen molar-refractivity contribution in [2.24, 2.45) is 0 Å². The van der Waals surface area contributed by atoms with E-state index in [4.69, 9.17) is 11.6 Å². The minimum absolute atomic E-state index is 0.612. The lowest BCUT2D eigenvalue weighted by atomic mass is 10.1. The third-order valence-corrected chi connectivity index (χ3v) is 3.91. The van der Waals surface area contributed by atoms with Crippen LogP contribution in [0.15, 0.2) is 24.3 Å². The molecule has 0 radical (unpaired) electrons. The first-order valence-electron chi connectivity index (χ1n) is 6.87. The molecule has 2 nitrogen and oxygen atoms in total. The van der Waals surface area contributed by atoms with Gasteiger partial charge in [0, 0.05) is 30.2 Å². The summed E-state index contributed by atoms with van der Waals surface area (Å²) in [6, 6.07) is 9.56. The highest BCUT2D eigenvalue weighted by Crippen LogP contribution is 2.19. The lowest BCUT2D eigenvalue weighted by Crippen LogP contribution is -2.39. The van der Waals surface area contributed by atoms with Crippen molar-refractivity contribution >= 4 is 11.6 Å². The number of halogens is 1. The van der Waals surface area contributed by atoms with Crippen LogP contribution in [0.2, 0.25) is 5.02 Å². The normalized spacial score (nSPS) is 17.1. The summed E-state index contributed by atoms with van der Waals surface area (Å²) < 4.78 is 0. The van der Waals surface area contributed by atoms with Crippen molar-refractivity contribution in [2.75, 3.05) is 13.6 Å². The van der Waals surface area contributed by atoms with E-state index in [1.54, 1.807) is 0 Å². The van der Waals surface area contributed by atoms with Gasteiger partial charge in [-0.25, -0.2) is 0 Å². The van der Waals surface area contributed by atoms with Crippen LogP contribution in [0, 0.1) is 0 Å². The van der Waals surface area contributed by atoms with Crippen LogP contribution in [0.25, 0.3) is 0 Å². The van der Waals surface area contributed by atoms with Crippen molar-refractivity contribution < 1.29 is 0 Å². The number of likely N-dealkylation sites (N-methyl/N-ethyl adjacent to an activating group) is 1. The maximum Gasteiger partial charge on any atom is 0.0406 e. The van der Waals surface area contributed by atoms with Gasteiger partial charge in [0.05, 0.1) is 0 Å². The predicted molar refractivity (Wildman–Crippen MR) is 78.0 cm³/mol. The summed E-state index contributed by atoms with van der Waals surface area (Å²) in [6.07, 6.45) is 3.90. The van der Waals surface area contributed by atoms with Gasteiger partial charge < -0.3 is 5.32 Å². The Kier molecular flexibility index (Phi) is 5.04. The first-order valence-corrected chi connectivity index (χ1v) is 7.25. The van der Waals surface area contributed by atoms with E-state index in [2.05, 4.69) is 36.3 Å². The van der Waals surface area contributed by atoms with Crippen LogP contribution >= 0.6 is 11.6 Å². The van der Waals surface area contributed by atoms with Crippen molar-refractivity contribution in [1.29, 1.82) is 0 Å². The monoisotopic (exact) mass is 266 g/mol. The van der Waals surface area contributed by atoms with E-state index in [0.717, 1.165) is 24.2 Å². The molecule has 0 bridgehead atoms. The molecule has 3 heteroatoms. The highest BCUT2D eigenvalue weighted by atomic mass is 35.5. The van der Waals surface area contributed by atoms with Crippen molar-refractivity contribution in [3.05, 3.63) is 34.9 Å². The molecule has 1 aliphatic carbocycles. The molecule has 1 atom stereocenters. The van der Waals surface area contributed by atoms with E-state index in [1.807, 2.05) is 12.1 Å². The molecule has 1 saturated carbocycles. The fourth-order valence-electron chi connectivity index (χ4n) is 2.21. The molecule has 1 aromatic rings. The zero-order chi connectivity index (χ0) is 13.0. The highest BCUT2D eigenvalue weighted by Gasteiger charge is 2.22. The van der Waals surface area contributed by atoms with Gasteiger partial charge in [0.25, 0.3) is 0 Å². The van der Waals surface area contributed by atoms with E-state index in [-0.39, 0.29) is 0 Å². The molecular formula is C15H23ClN2. The van der Waals surface area contributed by atoms with Gasteiger partial charge in [0.15, 0.2) is 0 Å². The number of nitrogens with one attached hydrogen (secondary N) is 1. The van der Waals surface area contributed by atoms with Crippen LogP contribution in [0.1, 0.15) is 31.7 Å². The molecule has 1 aliphatic rings. The van der Waals surface area contributed by atoms with Crippen LogP contribution < -0.4 is 5.32 Å². The second-order valence-corrected chi connectivity index (χ2v) is 5.72. The Labute approximate surface area is 115 Å². The van der Waals surface area contributed by atoms with Gasteiger partial charge in [-0.15, -0.1) is 0 Å². The van der Waals surface area contributed by atoms with Crippen molar-refractivity contribution in [2.45, 2.75) is 44.8 Å². The van der Waals surface area contributed by atoms with Gasteiger partial charge in [0.2, 0.25) is 0 Å². The molecule has 1 aromatic carbocycles. The van der Waals surface area contributed by atoms with Gasteiger partial charge in [-0.05, 0) is 44.0 Å². The fourth-order valence-corrected chi connectivity index (χ4v) is 2.33. The molecule has 1 unspecified atom stereocenters. The van der Waals surface area contributed by atoms with Gasteiger partial charge in [0.1, 0.15) is 0 Å². The van der Waals surface area contributed by atoms with E-state index in [1.165, 1.54) is 24.8 Å². The molecule has 100 valence electrons. The number of rotatable bonds is 7. The number of benzene rings is 1. The van der Waals surface area contributed by atoms with E-state index < -0.39 is 0 Å². The summed E-state index contributed by atoms with van der Waals surface area (Å²) in [5.41, 5.74) is 1.33. The van der Waals surface area contributed by atoms with Crippen molar-refractivity contribution in [3.63, 3.8) is 0 Å². The average molecular weight is 267 g/mol. The molecule has 0 saturated heterocycles. The molecule has 0 amide bonds. The van der Waals surface area contributed by atoms with Crippen molar-refractivity contribution in [1.82, 2.24) is 10.2 Å². The SMILES string of the molecule is CCC(CNC1CC1)N(C)Cc1ccc(Cl)cc1. The minimum Gasteiger partial charge on any atom is -0.312 e. The summed E-state index contributed by atoms with van der Waals surface area (Å²) in [5, 5.41) is 4.43. The predicted octanol–water partition coefficient (Wildman–Crippen LogP) is 3.30. The second-order valence-electron chi connectivity index (χ2n) is 5.29. The van der Waals surface area contributed by atoms with E-state index in [9.17, 15) is 0 Å². The fraction of sp³-hybridized carbons (Fsp3) is 0.600. The Morgan fingerprint density at radius 3 is 2.56 bits per heavy atom. The Morgan fingerprint density at radius 2 is 2.00 bits per heavy atom. The summed E-state index contributed by atoms with van der Waals surface area (Å²) in [6.45, 7) is 4.35. The molecule has 0 aromatic heterocycles. The Balaban J connectivity index is 1.83. The molecule has 0 heterocycles. The first kappa shape index (κ1) is 13.9. The average Bonchev–Trinajstić information content (AvgIpc) is 3.17. The smallest absolute Gasteiger partial charge is 0.0406 e. The summed E-state index contributed by atoms with van der Waals surface area (Å²) in [4.78, 5) is 2.43. The van der Waals surface area contributed by atoms with Gasteiger partial charge in [-0.1, -0.05) is 30.7 Å². The molecule has 1 N–H and O–H groups in total. The summed E-state index contributed by atoms with van der Waals surface area (Å²) >= 11 is 5.91. The number of hydrogen-bond acceptors (Lipinski definition) is 2. The lowest BCUT2D eigenvalue weighted by molar-refractivity contribution is 0.221. The highest BCUT2D eigenvalue weighted by molar-refractivity contribution is 6.30. The maximum absolute atomic E-state index is 5.91. The Bertz CT molecular complexity index is 359. The topological polar surface area (TPSA) is 15.3 Å². The second kappa shape index (κ2) is 6.55.